The fourth-order valence-corrected chi connectivity index (χ4v) is 3.02. The number of hydrogen-bond acceptors (Lipinski definition) is 5. The van der Waals surface area contributed by atoms with E-state index in [1.54, 1.807) is 0 Å². The lowest BCUT2D eigenvalue weighted by molar-refractivity contribution is -0.136. The van der Waals surface area contributed by atoms with Gasteiger partial charge in [-0.2, -0.15) is 5.10 Å². The molecule has 0 aliphatic heterocycles. The number of amides is 2. The van der Waals surface area contributed by atoms with Crippen LogP contribution in [0, 0.1) is 5.41 Å². The van der Waals surface area contributed by atoms with Crippen LogP contribution in [0.1, 0.15) is 58.8 Å². The zero-order valence-corrected chi connectivity index (χ0v) is 15.5. The Morgan fingerprint density at radius 1 is 1.35 bits per heavy atom. The second kappa shape index (κ2) is 9.35. The van der Waals surface area contributed by atoms with Gasteiger partial charge in [-0.1, -0.05) is 33.1 Å². The van der Waals surface area contributed by atoms with Crippen LogP contribution in [0.3, 0.4) is 0 Å². The molecular weight excluding hydrogens is 336 g/mol. The number of ketones is 1. The van der Waals surface area contributed by atoms with Crippen LogP contribution in [0.2, 0.25) is 0 Å². The number of aromatic amines is 1. The van der Waals surface area contributed by atoms with E-state index in [4.69, 9.17) is 4.74 Å². The summed E-state index contributed by atoms with van der Waals surface area (Å²) in [5.41, 5.74) is 0.0816. The number of aromatic nitrogens is 2. The lowest BCUT2D eigenvalue weighted by Gasteiger charge is -2.40. The molecule has 144 valence electrons. The average Bonchev–Trinajstić information content (AvgIpc) is 3.10. The fourth-order valence-electron chi connectivity index (χ4n) is 3.02. The summed E-state index contributed by atoms with van der Waals surface area (Å²) in [5.74, 6) is -1.16. The summed E-state index contributed by atoms with van der Waals surface area (Å²) in [7, 11) is 0. The van der Waals surface area contributed by atoms with Gasteiger partial charge in [0.15, 0.2) is 0 Å². The maximum absolute atomic E-state index is 12.4. The largest absolute Gasteiger partial charge is 0.449 e. The lowest BCUT2D eigenvalue weighted by atomic mass is 9.68. The Kier molecular flexibility index (Phi) is 7.17. The smallest absolute Gasteiger partial charge is 0.407 e. The third-order valence-electron chi connectivity index (χ3n) is 5.10. The number of nitrogens with zero attached hydrogens (tertiary/aromatic N) is 1. The number of Topliss-reactive ketones (excluding diaryl/α,β-unsaturated/α-hetero) is 1. The van der Waals surface area contributed by atoms with Crippen molar-refractivity contribution in [1.82, 2.24) is 15.5 Å². The highest BCUT2D eigenvalue weighted by molar-refractivity contribution is 6.42. The molecule has 1 heterocycles. The van der Waals surface area contributed by atoms with Gasteiger partial charge in [0, 0.05) is 11.5 Å². The molecule has 2 rings (SSSR count). The summed E-state index contributed by atoms with van der Waals surface area (Å²) >= 11 is 0. The predicted molar refractivity (Wildman–Crippen MR) is 96.6 cm³/mol. The number of anilines is 1. The molecule has 0 spiro atoms. The number of hydrogen-bond donors (Lipinski definition) is 3. The molecule has 0 radical (unpaired) electrons. The van der Waals surface area contributed by atoms with Crippen LogP contribution in [0.25, 0.3) is 0 Å². The van der Waals surface area contributed by atoms with Crippen molar-refractivity contribution in [3.8, 4) is 0 Å². The normalized spacial score (nSPS) is 16.2. The summed E-state index contributed by atoms with van der Waals surface area (Å²) < 4.78 is 5.34. The molecule has 26 heavy (non-hydrogen) atoms. The molecule has 0 aromatic carbocycles. The molecule has 0 unspecified atom stereocenters. The van der Waals surface area contributed by atoms with Crippen molar-refractivity contribution < 1.29 is 19.1 Å². The van der Waals surface area contributed by atoms with Gasteiger partial charge in [0.25, 0.3) is 5.91 Å². The molecular formula is C18H28N4O4. The monoisotopic (exact) mass is 364 g/mol. The zero-order chi connectivity index (χ0) is 19.0. The van der Waals surface area contributed by atoms with E-state index < -0.39 is 23.8 Å². The van der Waals surface area contributed by atoms with E-state index in [0.717, 1.165) is 32.1 Å². The van der Waals surface area contributed by atoms with Crippen LogP contribution < -0.4 is 10.6 Å². The number of ether oxygens (including phenoxy) is 1. The van der Waals surface area contributed by atoms with Crippen LogP contribution in [-0.4, -0.2) is 40.6 Å². The van der Waals surface area contributed by atoms with Crippen LogP contribution in [0.4, 0.5) is 10.6 Å². The highest BCUT2D eigenvalue weighted by atomic mass is 16.5. The maximum Gasteiger partial charge on any atom is 0.407 e. The molecule has 1 aliphatic rings. The van der Waals surface area contributed by atoms with Crippen LogP contribution in [0.15, 0.2) is 12.3 Å². The number of nitrogens with one attached hydrogen (secondary N) is 3. The topological polar surface area (TPSA) is 113 Å². The number of carbonyl (C=O) groups is 3. The van der Waals surface area contributed by atoms with Gasteiger partial charge < -0.3 is 15.4 Å². The Balaban J connectivity index is 1.89. The van der Waals surface area contributed by atoms with E-state index in [2.05, 4.69) is 27.8 Å². The standard InChI is InChI=1S/C18H28N4O4/c1-3-5-7-13(15(23)16(24)21-14-8-11-19-22-14)20-17(25)26-12-18(4-2)9-6-10-18/h8,11,13H,3-7,9-10,12H2,1-2H3,(H,20,25)(H2,19,21,22,24)/t13-/m0/s1. The second-order valence-corrected chi connectivity index (χ2v) is 6.91. The first kappa shape index (κ1) is 19.9. The first-order chi connectivity index (χ1) is 12.5. The SMILES string of the molecule is CCCC[C@H](NC(=O)OCC1(CC)CCC1)C(=O)C(=O)Nc1ccn[nH]1. The Labute approximate surface area is 153 Å². The molecule has 1 fully saturated rings. The van der Waals surface area contributed by atoms with E-state index in [9.17, 15) is 14.4 Å². The molecule has 1 aromatic heterocycles. The van der Waals surface area contributed by atoms with E-state index in [-0.39, 0.29) is 5.41 Å². The summed E-state index contributed by atoms with van der Waals surface area (Å²) in [6.07, 6.45) is 7.01. The highest BCUT2D eigenvalue weighted by Gasteiger charge is 2.37. The molecule has 8 heteroatoms. The van der Waals surface area contributed by atoms with Gasteiger partial charge in [-0.25, -0.2) is 4.79 Å². The molecule has 0 bridgehead atoms. The first-order valence-electron chi connectivity index (χ1n) is 9.27. The van der Waals surface area contributed by atoms with Crippen molar-refractivity contribution in [2.75, 3.05) is 11.9 Å². The average molecular weight is 364 g/mol. The minimum Gasteiger partial charge on any atom is -0.449 e. The molecule has 0 saturated heterocycles. The predicted octanol–water partition coefficient (Wildman–Crippen LogP) is 2.78. The lowest BCUT2D eigenvalue weighted by Crippen LogP contribution is -2.47. The van der Waals surface area contributed by atoms with Gasteiger partial charge in [-0.15, -0.1) is 0 Å². The van der Waals surface area contributed by atoms with Crippen LogP contribution in [-0.2, 0) is 14.3 Å². The molecule has 8 nitrogen and oxygen atoms in total. The van der Waals surface area contributed by atoms with Gasteiger partial charge >= 0.3 is 6.09 Å². The van der Waals surface area contributed by atoms with Crippen LogP contribution in [0.5, 0.6) is 0 Å². The molecule has 1 atom stereocenters. The summed E-state index contributed by atoms with van der Waals surface area (Å²) in [6.45, 7) is 4.42. The van der Waals surface area contributed by atoms with E-state index in [0.29, 0.717) is 25.3 Å². The summed E-state index contributed by atoms with van der Waals surface area (Å²) in [6, 6.07) is 0.640. The van der Waals surface area contributed by atoms with Gasteiger partial charge in [-0.3, -0.25) is 14.7 Å². The molecule has 1 aliphatic carbocycles. The summed E-state index contributed by atoms with van der Waals surface area (Å²) in [5, 5.41) is 11.3. The van der Waals surface area contributed by atoms with E-state index >= 15 is 0 Å². The number of H-pyrrole nitrogens is 1. The van der Waals surface area contributed by atoms with Crippen LogP contribution >= 0.6 is 0 Å². The molecule has 1 aromatic rings. The van der Waals surface area contributed by atoms with Crippen molar-refractivity contribution in [2.24, 2.45) is 5.41 Å². The number of rotatable bonds is 10. The van der Waals surface area contributed by atoms with Crippen molar-refractivity contribution in [2.45, 2.75) is 64.8 Å². The molecule has 3 N–H and O–H groups in total. The third-order valence-corrected chi connectivity index (χ3v) is 5.10. The second-order valence-electron chi connectivity index (χ2n) is 6.91. The zero-order valence-electron chi connectivity index (χ0n) is 15.5. The highest BCUT2D eigenvalue weighted by Crippen LogP contribution is 2.43. The van der Waals surface area contributed by atoms with E-state index in [1.807, 2.05) is 6.92 Å². The quantitative estimate of drug-likeness (QED) is 0.553. The van der Waals surface area contributed by atoms with Crippen molar-refractivity contribution in [1.29, 1.82) is 0 Å². The Hall–Kier alpha value is -2.38. The first-order valence-corrected chi connectivity index (χ1v) is 9.27. The van der Waals surface area contributed by atoms with Gasteiger partial charge in [0.05, 0.1) is 12.8 Å². The Bertz CT molecular complexity index is 605. The van der Waals surface area contributed by atoms with Gasteiger partial charge in [0.2, 0.25) is 5.78 Å². The minimum atomic E-state index is -0.899. The number of carbonyl (C=O) groups excluding carboxylic acids is 3. The van der Waals surface area contributed by atoms with E-state index in [1.165, 1.54) is 12.3 Å². The number of alkyl carbamates (subject to hydrolysis) is 1. The Morgan fingerprint density at radius 2 is 2.12 bits per heavy atom. The minimum absolute atomic E-state index is 0.0816. The van der Waals surface area contributed by atoms with Crippen molar-refractivity contribution in [3.63, 3.8) is 0 Å². The van der Waals surface area contributed by atoms with Crippen molar-refractivity contribution in [3.05, 3.63) is 12.3 Å². The summed E-state index contributed by atoms with van der Waals surface area (Å²) in [4.78, 5) is 36.7. The number of unbranched alkanes of at least 4 members (excludes halogenated alkanes) is 1. The third kappa shape index (κ3) is 5.31. The van der Waals surface area contributed by atoms with Gasteiger partial charge in [-0.05, 0) is 25.7 Å². The fraction of sp³-hybridized carbons (Fsp3) is 0.667. The molecule has 2 amide bonds. The molecule has 1 saturated carbocycles. The maximum atomic E-state index is 12.4. The van der Waals surface area contributed by atoms with Gasteiger partial charge in [0.1, 0.15) is 11.9 Å². The Morgan fingerprint density at radius 3 is 2.65 bits per heavy atom. The van der Waals surface area contributed by atoms with Crippen molar-refractivity contribution >= 4 is 23.6 Å².